The molecule has 84 valence electrons. The second-order valence-corrected chi connectivity index (χ2v) is 4.63. The summed E-state index contributed by atoms with van der Waals surface area (Å²) in [4.78, 5) is 6.35. The van der Waals surface area contributed by atoms with Crippen molar-refractivity contribution in [3.05, 3.63) is 47.0 Å². The van der Waals surface area contributed by atoms with Crippen LogP contribution in [0.5, 0.6) is 0 Å². The molecule has 0 aromatic heterocycles. The molecule has 0 aliphatic carbocycles. The van der Waals surface area contributed by atoms with E-state index in [4.69, 9.17) is 5.73 Å². The summed E-state index contributed by atoms with van der Waals surface area (Å²) in [6, 6.07) is 8.48. The van der Waals surface area contributed by atoms with Gasteiger partial charge in [-0.2, -0.15) is 0 Å². The van der Waals surface area contributed by atoms with Crippen LogP contribution in [0.1, 0.15) is 11.6 Å². The van der Waals surface area contributed by atoms with Gasteiger partial charge < -0.3 is 10.6 Å². The largest absolute Gasteiger partial charge is 0.370 e. The van der Waals surface area contributed by atoms with E-state index in [1.54, 1.807) is 0 Å². The molecule has 1 aliphatic rings. The SMILES string of the molecule is C=CCN1C(N)=NCC1c1cccc(Br)c1. The average Bonchev–Trinajstić information content (AvgIpc) is 2.61. The normalized spacial score (nSPS) is 19.7. The van der Waals surface area contributed by atoms with E-state index in [1.165, 1.54) is 5.56 Å². The van der Waals surface area contributed by atoms with Gasteiger partial charge in [0.25, 0.3) is 0 Å². The summed E-state index contributed by atoms with van der Waals surface area (Å²) in [7, 11) is 0. The number of nitrogens with zero attached hydrogens (tertiary/aromatic N) is 2. The summed E-state index contributed by atoms with van der Waals surface area (Å²) in [6.07, 6.45) is 1.85. The van der Waals surface area contributed by atoms with Crippen LogP contribution < -0.4 is 5.73 Å². The Bertz CT molecular complexity index is 428. The Hall–Kier alpha value is -1.29. The zero-order chi connectivity index (χ0) is 11.5. The number of hydrogen-bond donors (Lipinski definition) is 1. The van der Waals surface area contributed by atoms with E-state index in [2.05, 4.69) is 44.5 Å². The van der Waals surface area contributed by atoms with Gasteiger partial charge in [0.05, 0.1) is 12.6 Å². The predicted molar refractivity (Wildman–Crippen MR) is 70.3 cm³/mol. The van der Waals surface area contributed by atoms with Crippen LogP contribution in [-0.4, -0.2) is 23.9 Å². The third kappa shape index (κ3) is 2.11. The molecule has 1 aliphatic heterocycles. The van der Waals surface area contributed by atoms with Crippen molar-refractivity contribution in [3.63, 3.8) is 0 Å². The van der Waals surface area contributed by atoms with Crippen LogP contribution in [0.4, 0.5) is 0 Å². The van der Waals surface area contributed by atoms with Gasteiger partial charge in [-0.05, 0) is 17.7 Å². The van der Waals surface area contributed by atoms with Crippen LogP contribution in [0, 0.1) is 0 Å². The number of rotatable bonds is 3. The molecule has 2 N–H and O–H groups in total. The van der Waals surface area contributed by atoms with Crippen LogP contribution in [0.3, 0.4) is 0 Å². The van der Waals surface area contributed by atoms with Gasteiger partial charge in [-0.25, -0.2) is 0 Å². The first kappa shape index (κ1) is 11.2. The molecule has 3 nitrogen and oxygen atoms in total. The van der Waals surface area contributed by atoms with Crippen LogP contribution in [-0.2, 0) is 0 Å². The summed E-state index contributed by atoms with van der Waals surface area (Å²) in [5.41, 5.74) is 7.07. The number of nitrogens with two attached hydrogens (primary N) is 1. The standard InChI is InChI=1S/C12H14BrN3/c1-2-6-16-11(8-15-12(16)14)9-4-3-5-10(13)7-9/h2-5,7,11H,1,6,8H2,(H2,14,15). The van der Waals surface area contributed by atoms with Crippen molar-refractivity contribution in [1.29, 1.82) is 0 Å². The fourth-order valence-electron chi connectivity index (χ4n) is 1.89. The summed E-state index contributed by atoms with van der Waals surface area (Å²) in [5.74, 6) is 0.602. The topological polar surface area (TPSA) is 41.6 Å². The molecule has 0 amide bonds. The molecular weight excluding hydrogens is 266 g/mol. The molecule has 1 aromatic carbocycles. The predicted octanol–water partition coefficient (Wildman–Crippen LogP) is 2.31. The van der Waals surface area contributed by atoms with Gasteiger partial charge in [0.2, 0.25) is 0 Å². The first-order valence-electron chi connectivity index (χ1n) is 5.15. The number of hydrogen-bond acceptors (Lipinski definition) is 3. The fourth-order valence-corrected chi connectivity index (χ4v) is 2.31. The van der Waals surface area contributed by atoms with Crippen molar-refractivity contribution in [3.8, 4) is 0 Å². The van der Waals surface area contributed by atoms with Gasteiger partial charge in [0, 0.05) is 11.0 Å². The maximum Gasteiger partial charge on any atom is 0.192 e. The minimum Gasteiger partial charge on any atom is -0.370 e. The highest BCUT2D eigenvalue weighted by molar-refractivity contribution is 9.10. The zero-order valence-corrected chi connectivity index (χ0v) is 10.5. The Kier molecular flexibility index (Phi) is 3.29. The van der Waals surface area contributed by atoms with E-state index in [1.807, 2.05) is 18.2 Å². The Morgan fingerprint density at radius 2 is 2.44 bits per heavy atom. The average molecular weight is 280 g/mol. The Morgan fingerprint density at radius 3 is 3.12 bits per heavy atom. The Labute approximate surface area is 104 Å². The number of aliphatic imine (C=N–C) groups is 1. The molecule has 0 radical (unpaired) electrons. The molecule has 1 heterocycles. The first-order valence-corrected chi connectivity index (χ1v) is 5.94. The van der Waals surface area contributed by atoms with Crippen molar-refractivity contribution < 1.29 is 0 Å². The maximum atomic E-state index is 5.85. The van der Waals surface area contributed by atoms with Gasteiger partial charge in [-0.15, -0.1) is 6.58 Å². The molecule has 0 spiro atoms. The quantitative estimate of drug-likeness (QED) is 0.863. The van der Waals surface area contributed by atoms with Crippen molar-refractivity contribution in [2.24, 2.45) is 10.7 Å². The monoisotopic (exact) mass is 279 g/mol. The molecule has 0 saturated heterocycles. The molecular formula is C12H14BrN3. The Balaban J connectivity index is 2.25. The maximum absolute atomic E-state index is 5.85. The van der Waals surface area contributed by atoms with Crippen LogP contribution in [0.15, 0.2) is 46.4 Å². The lowest BCUT2D eigenvalue weighted by Gasteiger charge is -2.25. The lowest BCUT2D eigenvalue weighted by atomic mass is 10.1. The van der Waals surface area contributed by atoms with E-state index >= 15 is 0 Å². The third-order valence-electron chi connectivity index (χ3n) is 2.66. The van der Waals surface area contributed by atoms with E-state index in [0.29, 0.717) is 5.96 Å². The highest BCUT2D eigenvalue weighted by Gasteiger charge is 2.26. The molecule has 0 saturated carbocycles. The van der Waals surface area contributed by atoms with Gasteiger partial charge in [-0.3, -0.25) is 4.99 Å². The van der Waals surface area contributed by atoms with E-state index in [0.717, 1.165) is 17.6 Å². The molecule has 1 unspecified atom stereocenters. The van der Waals surface area contributed by atoms with Crippen molar-refractivity contribution in [2.75, 3.05) is 13.1 Å². The van der Waals surface area contributed by atoms with Crippen molar-refractivity contribution in [1.82, 2.24) is 4.90 Å². The molecule has 0 fully saturated rings. The zero-order valence-electron chi connectivity index (χ0n) is 8.94. The van der Waals surface area contributed by atoms with Gasteiger partial charge in [0.15, 0.2) is 5.96 Å². The molecule has 4 heteroatoms. The second kappa shape index (κ2) is 4.70. The molecule has 0 bridgehead atoms. The Morgan fingerprint density at radius 1 is 1.62 bits per heavy atom. The smallest absolute Gasteiger partial charge is 0.192 e. The van der Waals surface area contributed by atoms with Crippen LogP contribution >= 0.6 is 15.9 Å². The van der Waals surface area contributed by atoms with E-state index in [-0.39, 0.29) is 6.04 Å². The molecule has 2 rings (SSSR count). The number of benzene rings is 1. The highest BCUT2D eigenvalue weighted by Crippen LogP contribution is 2.27. The lowest BCUT2D eigenvalue weighted by Crippen LogP contribution is -2.36. The first-order chi connectivity index (χ1) is 7.72. The third-order valence-corrected chi connectivity index (χ3v) is 3.15. The van der Waals surface area contributed by atoms with E-state index < -0.39 is 0 Å². The highest BCUT2D eigenvalue weighted by atomic mass is 79.9. The van der Waals surface area contributed by atoms with Gasteiger partial charge >= 0.3 is 0 Å². The minimum atomic E-state index is 0.232. The van der Waals surface area contributed by atoms with Gasteiger partial charge in [0.1, 0.15) is 0 Å². The van der Waals surface area contributed by atoms with Gasteiger partial charge in [-0.1, -0.05) is 34.1 Å². The summed E-state index contributed by atoms with van der Waals surface area (Å²) in [6.45, 7) is 5.19. The van der Waals surface area contributed by atoms with Crippen LogP contribution in [0.25, 0.3) is 0 Å². The minimum absolute atomic E-state index is 0.232. The van der Waals surface area contributed by atoms with E-state index in [9.17, 15) is 0 Å². The summed E-state index contributed by atoms with van der Waals surface area (Å²) in [5, 5.41) is 0. The molecule has 16 heavy (non-hydrogen) atoms. The lowest BCUT2D eigenvalue weighted by molar-refractivity contribution is 0.380. The fraction of sp³-hybridized carbons (Fsp3) is 0.250. The molecule has 1 aromatic rings. The second-order valence-electron chi connectivity index (χ2n) is 3.71. The molecule has 1 atom stereocenters. The summed E-state index contributed by atoms with van der Waals surface area (Å²) < 4.78 is 1.08. The number of halogens is 1. The van der Waals surface area contributed by atoms with Crippen molar-refractivity contribution >= 4 is 21.9 Å². The number of guanidine groups is 1. The van der Waals surface area contributed by atoms with Crippen LogP contribution in [0.2, 0.25) is 0 Å². The summed E-state index contributed by atoms with van der Waals surface area (Å²) >= 11 is 3.48. The van der Waals surface area contributed by atoms with Crippen molar-refractivity contribution in [2.45, 2.75) is 6.04 Å².